The van der Waals surface area contributed by atoms with E-state index in [1.807, 2.05) is 0 Å². The van der Waals surface area contributed by atoms with Gasteiger partial charge < -0.3 is 29.4 Å². The van der Waals surface area contributed by atoms with Crippen LogP contribution in [0, 0.1) is 0 Å². The van der Waals surface area contributed by atoms with Crippen LogP contribution < -0.4 is 5.73 Å². The molecule has 2 aromatic rings. The van der Waals surface area contributed by atoms with Gasteiger partial charge in [0.25, 0.3) is 5.91 Å². The van der Waals surface area contributed by atoms with Crippen molar-refractivity contribution >= 4 is 24.6 Å². The number of fused-ring (bicyclic) bond motifs is 1. The maximum absolute atomic E-state index is 12.9. The lowest BCUT2D eigenvalue weighted by Gasteiger charge is -2.25. The van der Waals surface area contributed by atoms with Crippen molar-refractivity contribution in [2.45, 2.75) is 58.3 Å². The molecule has 0 aromatic carbocycles. The van der Waals surface area contributed by atoms with Crippen molar-refractivity contribution in [2.75, 3.05) is 18.7 Å². The summed E-state index contributed by atoms with van der Waals surface area (Å²) < 4.78 is 36.4. The number of aliphatic hydroxyl groups is 1. The number of imidazole rings is 1. The average molecular weight is 415 g/mol. The minimum atomic E-state index is -3.45. The van der Waals surface area contributed by atoms with E-state index in [0.717, 1.165) is 0 Å². The maximum Gasteiger partial charge on any atom is 0.356 e. The summed E-state index contributed by atoms with van der Waals surface area (Å²) in [5.74, 6) is -1.52. The maximum atomic E-state index is 12.9. The standard InChI is InChI=1S/C16H26N5O6P/c1-10(2)26-28(23,27-11(3)4)9-24-12-5-16(22,25-6-12)21-8-20-13-14(17)18-7-19-15(13)21/h7-8,10-12,22H,5-6,9H2,1-4H3,(H2,17,18,19)/t12-,16?/m1/s1. The highest BCUT2D eigenvalue weighted by atomic mass is 31.2. The molecular weight excluding hydrogens is 389 g/mol. The van der Waals surface area contributed by atoms with E-state index < -0.39 is 19.6 Å². The highest BCUT2D eigenvalue weighted by Crippen LogP contribution is 2.51. The van der Waals surface area contributed by atoms with E-state index in [4.69, 9.17) is 24.3 Å². The van der Waals surface area contributed by atoms with E-state index in [0.29, 0.717) is 11.2 Å². The second-order valence-electron chi connectivity index (χ2n) is 7.14. The van der Waals surface area contributed by atoms with Crippen molar-refractivity contribution < 1.29 is 28.2 Å². The third-order valence-corrected chi connectivity index (χ3v) is 5.89. The highest BCUT2D eigenvalue weighted by molar-refractivity contribution is 7.53. The molecule has 0 bridgehead atoms. The normalized spacial score (nSPS) is 23.3. The molecule has 1 unspecified atom stereocenters. The van der Waals surface area contributed by atoms with Gasteiger partial charge in [0, 0.05) is 0 Å². The highest BCUT2D eigenvalue weighted by Gasteiger charge is 2.43. The fourth-order valence-corrected chi connectivity index (χ4v) is 4.80. The van der Waals surface area contributed by atoms with Crippen LogP contribution in [-0.2, 0) is 29.0 Å². The number of aromatic nitrogens is 4. The van der Waals surface area contributed by atoms with Gasteiger partial charge in [-0.1, -0.05) is 0 Å². The number of rotatable bonds is 8. The Morgan fingerprint density at radius 3 is 2.64 bits per heavy atom. The van der Waals surface area contributed by atoms with Gasteiger partial charge >= 0.3 is 7.60 Å². The molecule has 28 heavy (non-hydrogen) atoms. The third-order valence-electron chi connectivity index (χ3n) is 3.94. The smallest absolute Gasteiger partial charge is 0.356 e. The first-order valence-electron chi connectivity index (χ1n) is 9.00. The van der Waals surface area contributed by atoms with Gasteiger partial charge in [0.1, 0.15) is 24.5 Å². The lowest BCUT2D eigenvalue weighted by atomic mass is 10.2. The summed E-state index contributed by atoms with van der Waals surface area (Å²) in [6, 6.07) is 0. The largest absolute Gasteiger partial charge is 0.382 e. The van der Waals surface area contributed by atoms with Crippen LogP contribution in [-0.4, -0.2) is 55.9 Å². The summed E-state index contributed by atoms with van der Waals surface area (Å²) in [7, 11) is -3.45. The zero-order chi connectivity index (χ0) is 20.5. The molecule has 12 heteroatoms. The summed E-state index contributed by atoms with van der Waals surface area (Å²) in [6.07, 6.45) is 1.40. The zero-order valence-corrected chi connectivity index (χ0v) is 17.2. The molecule has 156 valence electrons. The molecule has 2 atom stereocenters. The van der Waals surface area contributed by atoms with Crippen LogP contribution in [0.25, 0.3) is 11.2 Å². The summed E-state index contributed by atoms with van der Waals surface area (Å²) in [5.41, 5.74) is 6.49. The lowest BCUT2D eigenvalue weighted by Crippen LogP contribution is -2.32. The van der Waals surface area contributed by atoms with E-state index in [1.54, 1.807) is 27.7 Å². The molecule has 0 spiro atoms. The monoisotopic (exact) mass is 415 g/mol. The van der Waals surface area contributed by atoms with Crippen molar-refractivity contribution in [3.8, 4) is 0 Å². The quantitative estimate of drug-likeness (QED) is 0.613. The SMILES string of the molecule is CC(C)OP(=O)(CO[C@H]1COC(O)(n2cnc3c(N)ncnc32)C1)OC(C)C. The third kappa shape index (κ3) is 4.51. The molecule has 3 rings (SSSR count). The van der Waals surface area contributed by atoms with Gasteiger partial charge in [0.05, 0.1) is 31.3 Å². The predicted molar refractivity (Wildman–Crippen MR) is 100 cm³/mol. The molecule has 1 fully saturated rings. The minimum Gasteiger partial charge on any atom is -0.382 e. The van der Waals surface area contributed by atoms with Crippen molar-refractivity contribution in [3.05, 3.63) is 12.7 Å². The second kappa shape index (κ2) is 8.02. The first kappa shape index (κ1) is 21.1. The molecule has 1 aliphatic heterocycles. The van der Waals surface area contributed by atoms with Gasteiger partial charge in [-0.2, -0.15) is 0 Å². The Balaban J connectivity index is 1.70. The van der Waals surface area contributed by atoms with Gasteiger partial charge in [-0.3, -0.25) is 9.13 Å². The Bertz CT molecular complexity index is 860. The Morgan fingerprint density at radius 1 is 1.32 bits per heavy atom. The van der Waals surface area contributed by atoms with E-state index in [-0.39, 0.29) is 37.4 Å². The fourth-order valence-electron chi connectivity index (χ4n) is 2.95. The zero-order valence-electron chi connectivity index (χ0n) is 16.3. The topological polar surface area (TPSA) is 144 Å². The van der Waals surface area contributed by atoms with Gasteiger partial charge in [-0.05, 0) is 27.7 Å². The number of ether oxygens (including phenoxy) is 2. The van der Waals surface area contributed by atoms with Crippen LogP contribution in [0.3, 0.4) is 0 Å². The molecule has 3 N–H and O–H groups in total. The molecule has 3 heterocycles. The Kier molecular flexibility index (Phi) is 6.04. The molecule has 0 saturated carbocycles. The molecule has 0 amide bonds. The van der Waals surface area contributed by atoms with Crippen LogP contribution in [0.15, 0.2) is 12.7 Å². The molecule has 2 aromatic heterocycles. The molecule has 1 saturated heterocycles. The van der Waals surface area contributed by atoms with Crippen molar-refractivity contribution in [1.29, 1.82) is 0 Å². The molecule has 0 radical (unpaired) electrons. The fraction of sp³-hybridized carbons (Fsp3) is 0.688. The Morgan fingerprint density at radius 2 is 2.00 bits per heavy atom. The first-order valence-corrected chi connectivity index (χ1v) is 10.7. The number of anilines is 1. The predicted octanol–water partition coefficient (Wildman–Crippen LogP) is 1.82. The van der Waals surface area contributed by atoms with E-state index in [2.05, 4.69) is 15.0 Å². The minimum absolute atomic E-state index is 0.0751. The van der Waals surface area contributed by atoms with Crippen LogP contribution >= 0.6 is 7.60 Å². The first-order chi connectivity index (χ1) is 13.1. The van der Waals surface area contributed by atoms with E-state index >= 15 is 0 Å². The van der Waals surface area contributed by atoms with Gasteiger partial charge in [0.2, 0.25) is 0 Å². The Labute approximate surface area is 162 Å². The van der Waals surface area contributed by atoms with Crippen molar-refractivity contribution in [1.82, 2.24) is 19.5 Å². The van der Waals surface area contributed by atoms with Crippen LogP contribution in [0.2, 0.25) is 0 Å². The van der Waals surface area contributed by atoms with E-state index in [9.17, 15) is 9.67 Å². The molecule has 11 nitrogen and oxygen atoms in total. The van der Waals surface area contributed by atoms with Crippen LogP contribution in [0.4, 0.5) is 5.82 Å². The number of nitrogens with two attached hydrogens (primary N) is 1. The summed E-state index contributed by atoms with van der Waals surface area (Å²) in [6.45, 7) is 7.16. The average Bonchev–Trinajstić information content (AvgIpc) is 3.17. The number of hydrogen-bond acceptors (Lipinski definition) is 10. The summed E-state index contributed by atoms with van der Waals surface area (Å²) >= 11 is 0. The van der Waals surface area contributed by atoms with Gasteiger partial charge in [-0.25, -0.2) is 15.0 Å². The van der Waals surface area contributed by atoms with Crippen LogP contribution in [0.5, 0.6) is 0 Å². The summed E-state index contributed by atoms with van der Waals surface area (Å²) in [5, 5.41) is 10.9. The van der Waals surface area contributed by atoms with Crippen molar-refractivity contribution in [3.63, 3.8) is 0 Å². The number of nitrogen functional groups attached to an aromatic ring is 1. The van der Waals surface area contributed by atoms with Crippen LogP contribution in [0.1, 0.15) is 34.1 Å². The van der Waals surface area contributed by atoms with E-state index in [1.165, 1.54) is 17.2 Å². The molecular formula is C16H26N5O6P. The van der Waals surface area contributed by atoms with Crippen molar-refractivity contribution in [2.24, 2.45) is 0 Å². The second-order valence-corrected chi connectivity index (χ2v) is 9.04. The summed E-state index contributed by atoms with van der Waals surface area (Å²) in [4.78, 5) is 12.1. The number of hydrogen-bond donors (Lipinski definition) is 2. The molecule has 0 aliphatic carbocycles. The Hall–Kier alpha value is -1.62. The van der Waals surface area contributed by atoms with Gasteiger partial charge in [-0.15, -0.1) is 0 Å². The molecule has 1 aliphatic rings. The van der Waals surface area contributed by atoms with Gasteiger partial charge in [0.15, 0.2) is 11.5 Å². The lowest BCUT2D eigenvalue weighted by molar-refractivity contribution is -0.232. The number of nitrogens with zero attached hydrogens (tertiary/aromatic N) is 4.